The second-order valence-electron chi connectivity index (χ2n) is 15.0. The molecule has 21 nitrogen and oxygen atoms in total. The molecular formula is C40H55F2N11O10S2. The van der Waals surface area contributed by atoms with Gasteiger partial charge in [0.2, 0.25) is 53.2 Å². The molecule has 2 aromatic rings. The Morgan fingerprint density at radius 2 is 1.37 bits per heavy atom. The van der Waals surface area contributed by atoms with E-state index in [2.05, 4.69) is 47.2 Å². The van der Waals surface area contributed by atoms with Crippen LogP contribution in [-0.2, 0) is 62.4 Å². The summed E-state index contributed by atoms with van der Waals surface area (Å²) in [5.41, 5.74) is 6.61. The number of aromatic nitrogens is 2. The summed E-state index contributed by atoms with van der Waals surface area (Å²) in [5.74, 6) is -8.84. The van der Waals surface area contributed by atoms with Gasteiger partial charge in [-0.2, -0.15) is 23.5 Å². The summed E-state index contributed by atoms with van der Waals surface area (Å²) >= 11 is 2.54. The smallest absolute Gasteiger partial charge is 0.323 e. The highest BCUT2D eigenvalue weighted by molar-refractivity contribution is 7.99. The number of hydrogen-bond acceptors (Lipinski definition) is 14. The first-order chi connectivity index (χ1) is 30.7. The van der Waals surface area contributed by atoms with Crippen molar-refractivity contribution in [2.24, 2.45) is 11.7 Å². The van der Waals surface area contributed by atoms with Crippen molar-refractivity contribution in [1.29, 1.82) is 0 Å². The standard InChI is InChI=1S/C40H55F2N11O10S2/c1-5-21(2)35-39(63)46-16-31(55)50-28(12-23-10-24(41)13-25(42)11-23)37(61)44-15-32(56)51-29(36(43)60)19-64-8-6-26-14-27(49-40(48-26)53(4)18-34(58)59)7-9-65-20-30(47-22(3)54)38(62)45-17-33(57)52-35/h10-11,13-14,21,28-30,35H,5-9,12,15-20H2,1-4H3,(H2,43,60)(H,44,61)(H,45,62)(H,46,63)(H,47,54)(H,50,55)(H,51,56)(H,52,57)(H,58,59)/t21-,28-,29-,30-,35-/m0/s1. The number of thioether (sulfide) groups is 2. The average Bonchev–Trinajstić information content (AvgIpc) is 3.23. The Morgan fingerprint density at radius 1 is 0.831 bits per heavy atom. The molecule has 2 heterocycles. The van der Waals surface area contributed by atoms with Gasteiger partial charge in [-0.25, -0.2) is 18.7 Å². The van der Waals surface area contributed by atoms with Crippen LogP contribution in [0, 0.1) is 17.6 Å². The van der Waals surface area contributed by atoms with Crippen molar-refractivity contribution in [2.75, 3.05) is 61.1 Å². The molecule has 1 aromatic heterocycles. The maximum absolute atomic E-state index is 14.1. The lowest BCUT2D eigenvalue weighted by molar-refractivity contribution is -0.135. The van der Waals surface area contributed by atoms with Gasteiger partial charge in [0, 0.05) is 49.4 Å². The van der Waals surface area contributed by atoms with Crippen molar-refractivity contribution in [2.45, 2.75) is 70.6 Å². The van der Waals surface area contributed by atoms with Gasteiger partial charge in [-0.1, -0.05) is 20.3 Å². The van der Waals surface area contributed by atoms with Crippen LogP contribution in [-0.4, -0.2) is 149 Å². The van der Waals surface area contributed by atoms with Crippen molar-refractivity contribution in [3.05, 3.63) is 52.9 Å². The van der Waals surface area contributed by atoms with Crippen LogP contribution in [0.25, 0.3) is 0 Å². The lowest BCUT2D eigenvalue weighted by atomic mass is 9.98. The summed E-state index contributed by atoms with van der Waals surface area (Å²) in [4.78, 5) is 125. The molecule has 10 N–H and O–H groups in total. The number of hydrogen-bond donors (Lipinski definition) is 9. The predicted molar refractivity (Wildman–Crippen MR) is 236 cm³/mol. The molecule has 1 aliphatic heterocycles. The number of nitrogens with one attached hydrogen (secondary N) is 7. The number of carboxylic acid groups (broad SMARTS) is 1. The van der Waals surface area contributed by atoms with Gasteiger partial charge < -0.3 is 53.0 Å². The third kappa shape index (κ3) is 19.3. The molecule has 8 amide bonds. The topological polar surface area (TPSA) is 313 Å². The predicted octanol–water partition coefficient (Wildman–Crippen LogP) is -2.08. The number of carbonyl (C=O) groups excluding carboxylic acids is 8. The fourth-order valence-electron chi connectivity index (χ4n) is 6.07. The largest absolute Gasteiger partial charge is 0.480 e. The Balaban J connectivity index is 1.90. The van der Waals surface area contributed by atoms with E-state index in [0.717, 1.165) is 12.1 Å². The highest BCUT2D eigenvalue weighted by Gasteiger charge is 2.29. The van der Waals surface area contributed by atoms with Crippen LogP contribution in [0.15, 0.2) is 24.3 Å². The molecule has 5 atom stereocenters. The third-order valence-corrected chi connectivity index (χ3v) is 11.7. The average molecular weight is 952 g/mol. The fraction of sp³-hybridized carbons (Fsp3) is 0.525. The van der Waals surface area contributed by atoms with E-state index in [1.54, 1.807) is 19.9 Å². The molecule has 0 saturated carbocycles. The summed E-state index contributed by atoms with van der Waals surface area (Å²) in [6.45, 7) is 2.25. The summed E-state index contributed by atoms with van der Waals surface area (Å²) in [5, 5.41) is 26.5. The maximum Gasteiger partial charge on any atom is 0.323 e. The van der Waals surface area contributed by atoms with Crippen molar-refractivity contribution < 1.29 is 57.0 Å². The van der Waals surface area contributed by atoms with Crippen LogP contribution in [0.3, 0.4) is 0 Å². The van der Waals surface area contributed by atoms with Gasteiger partial charge in [0.1, 0.15) is 42.3 Å². The zero-order chi connectivity index (χ0) is 48.2. The van der Waals surface area contributed by atoms with E-state index in [0.29, 0.717) is 48.2 Å². The van der Waals surface area contributed by atoms with Crippen molar-refractivity contribution in [1.82, 2.24) is 47.2 Å². The number of nitrogens with two attached hydrogens (primary N) is 1. The van der Waals surface area contributed by atoms with Gasteiger partial charge in [-0.3, -0.25) is 43.2 Å². The minimum Gasteiger partial charge on any atom is -0.480 e. The van der Waals surface area contributed by atoms with Crippen LogP contribution in [0.2, 0.25) is 0 Å². The Labute approximate surface area is 382 Å². The Morgan fingerprint density at radius 3 is 1.92 bits per heavy atom. The van der Waals surface area contributed by atoms with E-state index < -0.39 is 128 Å². The van der Waals surface area contributed by atoms with E-state index in [4.69, 9.17) is 5.73 Å². The number of aryl methyl sites for hydroxylation is 2. The lowest BCUT2D eigenvalue weighted by Gasteiger charge is -2.24. The first-order valence-corrected chi connectivity index (χ1v) is 22.7. The number of amides is 8. The molecule has 3 rings (SSSR count). The van der Waals surface area contributed by atoms with E-state index in [-0.39, 0.29) is 23.0 Å². The molecule has 356 valence electrons. The Bertz CT molecular complexity index is 2050. The number of carbonyl (C=O) groups is 9. The normalized spacial score (nSPS) is 21.1. The number of anilines is 1. The first kappa shape index (κ1) is 53.2. The molecule has 0 radical (unpaired) electrons. The Hall–Kier alpha value is -6.11. The molecule has 1 aliphatic rings. The molecule has 0 spiro atoms. The molecule has 0 saturated heterocycles. The van der Waals surface area contributed by atoms with E-state index in [9.17, 15) is 57.0 Å². The number of carboxylic acids is 1. The van der Waals surface area contributed by atoms with Gasteiger partial charge >= 0.3 is 5.97 Å². The van der Waals surface area contributed by atoms with Gasteiger partial charge in [-0.15, -0.1) is 0 Å². The van der Waals surface area contributed by atoms with E-state index in [1.165, 1.54) is 42.4 Å². The summed E-state index contributed by atoms with van der Waals surface area (Å²) < 4.78 is 28.2. The van der Waals surface area contributed by atoms with Gasteiger partial charge in [0.05, 0.1) is 19.6 Å². The van der Waals surface area contributed by atoms with Crippen molar-refractivity contribution >= 4 is 82.7 Å². The quantitative estimate of drug-likeness (QED) is 0.130. The van der Waals surface area contributed by atoms with Crippen LogP contribution in [0.1, 0.15) is 44.1 Å². The Kier molecular flexibility index (Phi) is 21.8. The van der Waals surface area contributed by atoms with Gasteiger partial charge in [0.25, 0.3) is 0 Å². The molecule has 0 aliphatic carbocycles. The first-order valence-electron chi connectivity index (χ1n) is 20.4. The lowest BCUT2D eigenvalue weighted by Crippen LogP contribution is -2.56. The van der Waals surface area contributed by atoms with Crippen molar-refractivity contribution in [3.8, 4) is 0 Å². The zero-order valence-electron chi connectivity index (χ0n) is 36.3. The fourth-order valence-corrected chi connectivity index (χ4v) is 8.06. The summed E-state index contributed by atoms with van der Waals surface area (Å²) in [6, 6.07) is -0.770. The zero-order valence-corrected chi connectivity index (χ0v) is 37.9. The third-order valence-electron chi connectivity index (χ3n) is 9.58. The second-order valence-corrected chi connectivity index (χ2v) is 17.3. The van der Waals surface area contributed by atoms with E-state index >= 15 is 0 Å². The second kappa shape index (κ2) is 26.6. The molecular weight excluding hydrogens is 897 g/mol. The summed E-state index contributed by atoms with van der Waals surface area (Å²) in [6.07, 6.45) is 0.606. The van der Waals surface area contributed by atoms with Crippen LogP contribution < -0.4 is 47.9 Å². The minimum absolute atomic E-state index is 0.00945. The van der Waals surface area contributed by atoms with Gasteiger partial charge in [-0.05, 0) is 54.0 Å². The number of nitrogens with zero attached hydrogens (tertiary/aromatic N) is 3. The number of likely N-dealkylation sites (N-methyl/N-ethyl adjacent to an activating group) is 1. The highest BCUT2D eigenvalue weighted by Crippen LogP contribution is 2.16. The van der Waals surface area contributed by atoms with Crippen LogP contribution in [0.5, 0.6) is 0 Å². The molecule has 0 fully saturated rings. The maximum atomic E-state index is 14.1. The van der Waals surface area contributed by atoms with Gasteiger partial charge in [0.15, 0.2) is 0 Å². The monoisotopic (exact) mass is 951 g/mol. The number of rotatable bonds is 9. The number of benzene rings is 1. The molecule has 65 heavy (non-hydrogen) atoms. The molecule has 1 aromatic carbocycles. The number of aliphatic carboxylic acids is 1. The minimum atomic E-state index is -1.53. The summed E-state index contributed by atoms with van der Waals surface area (Å²) in [7, 11) is 1.51. The molecule has 2 bridgehead atoms. The number of fused-ring (bicyclic) bond motifs is 2. The highest BCUT2D eigenvalue weighted by atomic mass is 32.2. The van der Waals surface area contributed by atoms with Crippen molar-refractivity contribution in [3.63, 3.8) is 0 Å². The SMILES string of the molecule is CC[C@H](C)[C@@H]1NC(=O)CNC(=O)[C@@H](NC(C)=O)CSCCc2cc(nc(N(C)CC(=O)O)n2)CCSC[C@@H](C(N)=O)NC(=O)CNC(=O)[C@H](Cc2cc(F)cc(F)c2)NC(=O)CNC1=O. The number of halogens is 2. The van der Waals surface area contributed by atoms with E-state index in [1.807, 2.05) is 0 Å². The van der Waals surface area contributed by atoms with Crippen LogP contribution >= 0.6 is 23.5 Å². The number of primary amides is 1. The molecule has 0 unspecified atom stereocenters. The van der Waals surface area contributed by atoms with Crippen LogP contribution in [0.4, 0.5) is 14.7 Å². The molecule has 25 heteroatoms.